The highest BCUT2D eigenvalue weighted by atomic mass is 32.2. The summed E-state index contributed by atoms with van der Waals surface area (Å²) < 4.78 is 26.5. The summed E-state index contributed by atoms with van der Waals surface area (Å²) in [5, 5.41) is -0.613. The molecule has 3 heteroatoms. The lowest BCUT2D eigenvalue weighted by molar-refractivity contribution is 0.565. The van der Waals surface area contributed by atoms with Gasteiger partial charge >= 0.3 is 0 Å². The summed E-state index contributed by atoms with van der Waals surface area (Å²) in [7, 11) is -3.50. The van der Waals surface area contributed by atoms with Gasteiger partial charge in [-0.2, -0.15) is 0 Å². The molecule has 0 aliphatic rings. The molecule has 2 aromatic carbocycles. The molecule has 2 nitrogen and oxygen atoms in total. The van der Waals surface area contributed by atoms with E-state index in [9.17, 15) is 8.42 Å². The molecular weight excluding hydrogens is 316 g/mol. The predicted molar refractivity (Wildman–Crippen MR) is 101 cm³/mol. The van der Waals surface area contributed by atoms with Gasteiger partial charge < -0.3 is 0 Å². The van der Waals surface area contributed by atoms with Crippen LogP contribution in [0.25, 0.3) is 0 Å². The zero-order valence-electron chi connectivity index (χ0n) is 14.3. The lowest BCUT2D eigenvalue weighted by Gasteiger charge is -2.27. The van der Waals surface area contributed by atoms with Crippen LogP contribution in [0.1, 0.15) is 30.4 Å². The second kappa shape index (κ2) is 7.63. The molecule has 2 unspecified atom stereocenters. The monoisotopic (exact) mass is 340 g/mol. The summed E-state index contributed by atoms with van der Waals surface area (Å²) in [4.78, 5) is 0.349. The van der Waals surface area contributed by atoms with Gasteiger partial charge in [-0.05, 0) is 38.0 Å². The molecule has 2 rings (SSSR count). The molecular formula is C21H24O2S. The maximum absolute atomic E-state index is 13.3. The molecule has 0 saturated carbocycles. The molecule has 0 heterocycles. The van der Waals surface area contributed by atoms with Crippen molar-refractivity contribution in [3.05, 3.63) is 90.5 Å². The van der Waals surface area contributed by atoms with Crippen molar-refractivity contribution < 1.29 is 8.42 Å². The number of aryl methyl sites for hydroxylation is 1. The van der Waals surface area contributed by atoms with E-state index >= 15 is 0 Å². The minimum atomic E-state index is -3.50. The average Bonchev–Trinajstić information content (AvgIpc) is 2.55. The Morgan fingerprint density at radius 2 is 1.67 bits per heavy atom. The molecule has 126 valence electrons. The zero-order chi connectivity index (χ0) is 17.7. The molecule has 2 aromatic rings. The Morgan fingerprint density at radius 3 is 2.17 bits per heavy atom. The topological polar surface area (TPSA) is 34.1 Å². The van der Waals surface area contributed by atoms with E-state index in [1.54, 1.807) is 18.2 Å². The Hall–Kier alpha value is -2.13. The number of sulfone groups is 1. The fraction of sp³-hybridized carbons (Fsp3) is 0.238. The van der Waals surface area contributed by atoms with Crippen molar-refractivity contribution in [2.45, 2.75) is 36.3 Å². The van der Waals surface area contributed by atoms with Gasteiger partial charge in [0.15, 0.2) is 9.84 Å². The van der Waals surface area contributed by atoms with Gasteiger partial charge in [0.25, 0.3) is 0 Å². The molecule has 0 amide bonds. The third kappa shape index (κ3) is 3.85. The quantitative estimate of drug-likeness (QED) is 0.659. The van der Waals surface area contributed by atoms with E-state index in [4.69, 9.17) is 0 Å². The summed E-state index contributed by atoms with van der Waals surface area (Å²) >= 11 is 0. The van der Waals surface area contributed by atoms with Crippen LogP contribution in [-0.4, -0.2) is 13.7 Å². The number of allylic oxidation sites excluding steroid dienone is 2. The fourth-order valence-electron chi connectivity index (χ4n) is 2.99. The number of hydrogen-bond donors (Lipinski definition) is 0. The Kier molecular flexibility index (Phi) is 5.79. The van der Waals surface area contributed by atoms with Crippen LogP contribution in [0.5, 0.6) is 0 Å². The van der Waals surface area contributed by atoms with Gasteiger partial charge in [0.1, 0.15) is 0 Å². The molecule has 24 heavy (non-hydrogen) atoms. The Balaban J connectivity index is 2.55. The highest BCUT2D eigenvalue weighted by molar-refractivity contribution is 7.92. The van der Waals surface area contributed by atoms with E-state index in [-0.39, 0.29) is 5.92 Å². The van der Waals surface area contributed by atoms with Crippen LogP contribution in [0.15, 0.2) is 84.3 Å². The summed E-state index contributed by atoms with van der Waals surface area (Å²) in [5.41, 5.74) is 2.84. The summed E-state index contributed by atoms with van der Waals surface area (Å²) in [5.74, 6) is -0.268. The van der Waals surface area contributed by atoms with Crippen LogP contribution < -0.4 is 0 Å². The standard InChI is InChI=1S/C21H24O2S/c1-5-9-20(21(16(2)3)18-10-7-6-8-11-18)24(22,23)19-14-12-17(4)13-15-19/h5-8,10-15,20-21H,1-2,9H2,3-4H3. The van der Waals surface area contributed by atoms with E-state index in [0.29, 0.717) is 11.3 Å². The molecule has 0 aromatic heterocycles. The zero-order valence-corrected chi connectivity index (χ0v) is 15.1. The molecule has 0 aliphatic carbocycles. The van der Waals surface area contributed by atoms with Crippen LogP contribution in [-0.2, 0) is 9.84 Å². The van der Waals surface area contributed by atoms with Gasteiger partial charge in [-0.1, -0.05) is 66.3 Å². The van der Waals surface area contributed by atoms with Gasteiger partial charge in [0, 0.05) is 5.92 Å². The molecule has 0 saturated heterocycles. The SMILES string of the molecule is C=CCC(C(C(=C)C)c1ccccc1)S(=O)(=O)c1ccc(C)cc1. The number of benzene rings is 2. The van der Waals surface area contributed by atoms with Crippen LogP contribution in [0.3, 0.4) is 0 Å². The van der Waals surface area contributed by atoms with E-state index in [1.807, 2.05) is 56.3 Å². The first-order chi connectivity index (χ1) is 11.4. The van der Waals surface area contributed by atoms with Crippen LogP contribution in [0.4, 0.5) is 0 Å². The average molecular weight is 340 g/mol. The minimum absolute atomic E-state index is 0.268. The first-order valence-corrected chi connectivity index (χ1v) is 9.54. The van der Waals surface area contributed by atoms with Crippen LogP contribution >= 0.6 is 0 Å². The highest BCUT2D eigenvalue weighted by Gasteiger charge is 2.35. The van der Waals surface area contributed by atoms with E-state index in [2.05, 4.69) is 13.2 Å². The highest BCUT2D eigenvalue weighted by Crippen LogP contribution is 2.35. The second-order valence-corrected chi connectivity index (χ2v) is 8.32. The van der Waals surface area contributed by atoms with Gasteiger partial charge in [-0.15, -0.1) is 6.58 Å². The lowest BCUT2D eigenvalue weighted by atomic mass is 9.88. The number of hydrogen-bond acceptors (Lipinski definition) is 2. The Labute approximate surface area is 145 Å². The predicted octanol–water partition coefficient (Wildman–Crippen LogP) is 5.07. The van der Waals surface area contributed by atoms with E-state index < -0.39 is 15.1 Å². The van der Waals surface area contributed by atoms with Gasteiger partial charge in [-0.3, -0.25) is 0 Å². The largest absolute Gasteiger partial charge is 0.223 e. The van der Waals surface area contributed by atoms with Gasteiger partial charge in [0.05, 0.1) is 10.1 Å². The summed E-state index contributed by atoms with van der Waals surface area (Å²) in [6, 6.07) is 16.7. The molecule has 0 N–H and O–H groups in total. The van der Waals surface area contributed by atoms with Crippen molar-refractivity contribution in [1.82, 2.24) is 0 Å². The normalized spacial score (nSPS) is 13.9. The van der Waals surface area contributed by atoms with Crippen LogP contribution in [0.2, 0.25) is 0 Å². The summed E-state index contributed by atoms with van der Waals surface area (Å²) in [6.45, 7) is 11.7. The van der Waals surface area contributed by atoms with Crippen molar-refractivity contribution in [2.24, 2.45) is 0 Å². The number of rotatable bonds is 7. The van der Waals surface area contributed by atoms with E-state index in [0.717, 1.165) is 16.7 Å². The van der Waals surface area contributed by atoms with Crippen LogP contribution in [0, 0.1) is 6.92 Å². The second-order valence-electron chi connectivity index (χ2n) is 6.16. The van der Waals surface area contributed by atoms with Crippen molar-refractivity contribution >= 4 is 9.84 Å². The van der Waals surface area contributed by atoms with Crippen molar-refractivity contribution in [3.8, 4) is 0 Å². The Morgan fingerprint density at radius 1 is 1.08 bits per heavy atom. The van der Waals surface area contributed by atoms with Crippen molar-refractivity contribution in [3.63, 3.8) is 0 Å². The smallest absolute Gasteiger partial charge is 0.182 e. The van der Waals surface area contributed by atoms with Crippen molar-refractivity contribution in [1.29, 1.82) is 0 Å². The lowest BCUT2D eigenvalue weighted by Crippen LogP contribution is -2.29. The molecule has 0 spiro atoms. The third-order valence-corrected chi connectivity index (χ3v) is 6.40. The molecule has 0 aliphatic heterocycles. The molecule has 0 fully saturated rings. The van der Waals surface area contributed by atoms with Crippen molar-refractivity contribution in [2.75, 3.05) is 0 Å². The molecule has 2 atom stereocenters. The van der Waals surface area contributed by atoms with Gasteiger partial charge in [-0.25, -0.2) is 8.42 Å². The summed E-state index contributed by atoms with van der Waals surface area (Å²) in [6.07, 6.45) is 2.05. The minimum Gasteiger partial charge on any atom is -0.223 e. The molecule has 0 bridgehead atoms. The molecule has 0 radical (unpaired) electrons. The van der Waals surface area contributed by atoms with Gasteiger partial charge in [0.2, 0.25) is 0 Å². The Bertz CT molecular complexity index is 803. The first-order valence-electron chi connectivity index (χ1n) is 7.99. The fourth-order valence-corrected chi connectivity index (χ4v) is 4.99. The maximum atomic E-state index is 13.3. The van der Waals surface area contributed by atoms with E-state index in [1.165, 1.54) is 0 Å². The third-order valence-electron chi connectivity index (χ3n) is 4.21. The maximum Gasteiger partial charge on any atom is 0.182 e. The first kappa shape index (κ1) is 18.2.